The average molecular weight is 413 g/mol. The Morgan fingerprint density at radius 3 is 2.61 bits per heavy atom. The van der Waals surface area contributed by atoms with E-state index in [0.29, 0.717) is 11.9 Å². The summed E-state index contributed by atoms with van der Waals surface area (Å²) in [5, 5.41) is 0. The lowest BCUT2D eigenvalue weighted by molar-refractivity contribution is -0.000372. The fourth-order valence-corrected chi connectivity index (χ4v) is 5.64. The van der Waals surface area contributed by atoms with Crippen molar-refractivity contribution >= 4 is 11.5 Å². The lowest BCUT2D eigenvalue weighted by Crippen LogP contribution is -2.43. The van der Waals surface area contributed by atoms with Gasteiger partial charge in [-0.05, 0) is 69.7 Å². The van der Waals surface area contributed by atoms with Gasteiger partial charge in [0.05, 0.1) is 17.5 Å². The van der Waals surface area contributed by atoms with Crippen LogP contribution in [-0.4, -0.2) is 29.7 Å². The van der Waals surface area contributed by atoms with E-state index in [1.165, 1.54) is 11.1 Å². The zero-order chi connectivity index (χ0) is 21.6. The smallest absolute Gasteiger partial charge is 0.184 e. The molecule has 1 saturated carbocycles. The second-order valence-electron chi connectivity index (χ2n) is 8.94. The van der Waals surface area contributed by atoms with Gasteiger partial charge in [0, 0.05) is 35.4 Å². The van der Waals surface area contributed by atoms with Gasteiger partial charge in [-0.1, -0.05) is 18.1 Å². The first kappa shape index (κ1) is 20.0. The summed E-state index contributed by atoms with van der Waals surface area (Å²) < 4.78 is 5.66. The van der Waals surface area contributed by atoms with Gasteiger partial charge in [0.1, 0.15) is 5.84 Å². The molecule has 2 aromatic rings. The predicted octanol–water partition coefficient (Wildman–Crippen LogP) is 4.24. The van der Waals surface area contributed by atoms with Crippen LogP contribution in [0.5, 0.6) is 0 Å². The molecule has 1 unspecified atom stereocenters. The topological polar surface area (TPSA) is 72.9 Å². The van der Waals surface area contributed by atoms with Crippen LogP contribution in [0.1, 0.15) is 56.2 Å². The Morgan fingerprint density at radius 2 is 1.94 bits per heavy atom. The highest BCUT2D eigenvalue weighted by molar-refractivity contribution is 6.41. The lowest BCUT2D eigenvalue weighted by Gasteiger charge is -2.44. The molecule has 1 fully saturated rings. The Morgan fingerprint density at radius 1 is 1.13 bits per heavy atom. The van der Waals surface area contributed by atoms with Gasteiger partial charge in [0.25, 0.3) is 0 Å². The number of nitrogens with two attached hydrogens (primary N) is 1. The second kappa shape index (κ2) is 7.32. The molecule has 2 N–H and O–H groups in total. The summed E-state index contributed by atoms with van der Waals surface area (Å²) in [6.45, 7) is 3.82. The van der Waals surface area contributed by atoms with Gasteiger partial charge in [-0.3, -0.25) is 9.98 Å². The van der Waals surface area contributed by atoms with E-state index in [-0.39, 0.29) is 5.41 Å². The Bertz CT molecular complexity index is 1140. The van der Waals surface area contributed by atoms with E-state index in [1.807, 2.05) is 39.3 Å². The van der Waals surface area contributed by atoms with Crippen molar-refractivity contribution in [1.29, 1.82) is 0 Å². The largest absolute Gasteiger partial charge is 0.382 e. The van der Waals surface area contributed by atoms with Gasteiger partial charge in [0.15, 0.2) is 5.66 Å². The number of aromatic nitrogens is 1. The summed E-state index contributed by atoms with van der Waals surface area (Å²) >= 11 is 0. The number of fused-ring (bicyclic) bond motifs is 3. The van der Waals surface area contributed by atoms with Crippen LogP contribution in [0.4, 0.5) is 0 Å². The first-order valence-corrected chi connectivity index (χ1v) is 11.0. The average Bonchev–Trinajstić information content (AvgIpc) is 3.22. The quantitative estimate of drug-likeness (QED) is 0.750. The van der Waals surface area contributed by atoms with Gasteiger partial charge in [-0.15, -0.1) is 5.92 Å². The SMILES string of the molecule is CC#Cc1ccnc(-c2ccc3c(c2)C2(N=C(C)C(N)=N2)C2(CCC(OC)CC2)C3)c1. The van der Waals surface area contributed by atoms with Crippen LogP contribution in [0.15, 0.2) is 46.5 Å². The Labute approximate surface area is 183 Å². The highest BCUT2D eigenvalue weighted by Gasteiger charge is 2.60. The predicted molar refractivity (Wildman–Crippen MR) is 124 cm³/mol. The minimum atomic E-state index is -0.633. The molecule has 2 spiro atoms. The molecule has 31 heavy (non-hydrogen) atoms. The standard InChI is InChI=1S/C26H28N4O/c1-4-5-18-10-13-28-23(14-18)19-6-7-20-16-25(11-8-21(31-3)9-12-25)26(22(20)15-19)29-17(2)24(27)30-26/h6-7,10,13-15,21H,8-9,11-12,16H2,1-3H3,(H2,27,30). The summed E-state index contributed by atoms with van der Waals surface area (Å²) in [7, 11) is 1.81. The number of amidine groups is 1. The van der Waals surface area contributed by atoms with Crippen LogP contribution < -0.4 is 5.73 Å². The maximum absolute atomic E-state index is 6.30. The molecule has 2 aliphatic carbocycles. The lowest BCUT2D eigenvalue weighted by atomic mass is 9.65. The molecule has 1 aliphatic heterocycles. The molecule has 1 aromatic carbocycles. The molecule has 1 atom stereocenters. The van der Waals surface area contributed by atoms with Crippen molar-refractivity contribution in [3.8, 4) is 23.1 Å². The van der Waals surface area contributed by atoms with Gasteiger partial charge < -0.3 is 10.5 Å². The monoisotopic (exact) mass is 412 g/mol. The molecule has 0 amide bonds. The summed E-state index contributed by atoms with van der Waals surface area (Å²) in [5.41, 5.74) is 11.9. The van der Waals surface area contributed by atoms with Crippen molar-refractivity contribution < 1.29 is 4.74 Å². The van der Waals surface area contributed by atoms with E-state index in [0.717, 1.165) is 54.6 Å². The maximum Gasteiger partial charge on any atom is 0.184 e. The van der Waals surface area contributed by atoms with Crippen LogP contribution in [-0.2, 0) is 16.8 Å². The van der Waals surface area contributed by atoms with E-state index < -0.39 is 5.66 Å². The number of nitrogens with zero attached hydrogens (tertiary/aromatic N) is 3. The van der Waals surface area contributed by atoms with Crippen LogP contribution in [0, 0.1) is 17.3 Å². The van der Waals surface area contributed by atoms with Crippen molar-refractivity contribution in [1.82, 2.24) is 4.98 Å². The molecule has 0 saturated heterocycles. The highest BCUT2D eigenvalue weighted by atomic mass is 16.5. The van der Waals surface area contributed by atoms with Crippen molar-refractivity contribution in [3.63, 3.8) is 0 Å². The normalized spacial score (nSPS) is 28.8. The molecule has 0 bridgehead atoms. The third-order valence-electron chi connectivity index (χ3n) is 7.28. The maximum atomic E-state index is 6.30. The van der Waals surface area contributed by atoms with E-state index in [4.69, 9.17) is 20.5 Å². The van der Waals surface area contributed by atoms with Crippen molar-refractivity contribution in [3.05, 3.63) is 53.2 Å². The van der Waals surface area contributed by atoms with Crippen LogP contribution in [0.25, 0.3) is 11.3 Å². The van der Waals surface area contributed by atoms with Crippen molar-refractivity contribution in [2.45, 2.75) is 57.7 Å². The van der Waals surface area contributed by atoms with E-state index in [9.17, 15) is 0 Å². The summed E-state index contributed by atoms with van der Waals surface area (Å²) in [6, 6.07) is 10.6. The summed E-state index contributed by atoms with van der Waals surface area (Å²) in [4.78, 5) is 14.8. The highest BCUT2D eigenvalue weighted by Crippen LogP contribution is 2.62. The molecular formula is C26H28N4O. The molecular weight excluding hydrogens is 384 g/mol. The van der Waals surface area contributed by atoms with Crippen LogP contribution in [0.3, 0.4) is 0 Å². The Kier molecular flexibility index (Phi) is 4.71. The third-order valence-corrected chi connectivity index (χ3v) is 7.28. The van der Waals surface area contributed by atoms with Crippen molar-refractivity contribution in [2.24, 2.45) is 21.1 Å². The minimum absolute atomic E-state index is 0.0473. The minimum Gasteiger partial charge on any atom is -0.382 e. The zero-order valence-corrected chi connectivity index (χ0v) is 18.4. The first-order chi connectivity index (χ1) is 15.0. The molecule has 158 valence electrons. The fraction of sp³-hybridized carbons (Fsp3) is 0.423. The molecule has 5 nitrogen and oxygen atoms in total. The van der Waals surface area contributed by atoms with Crippen LogP contribution >= 0.6 is 0 Å². The summed E-state index contributed by atoms with van der Waals surface area (Å²) in [6.07, 6.45) is 7.23. The Hall–Kier alpha value is -2.97. The number of rotatable bonds is 2. The van der Waals surface area contributed by atoms with Gasteiger partial charge in [-0.25, -0.2) is 4.99 Å². The van der Waals surface area contributed by atoms with E-state index >= 15 is 0 Å². The molecule has 3 aliphatic rings. The fourth-order valence-electron chi connectivity index (χ4n) is 5.64. The van der Waals surface area contributed by atoms with E-state index in [2.05, 4.69) is 35.0 Å². The third kappa shape index (κ3) is 3.01. The number of methoxy groups -OCH3 is 1. The first-order valence-electron chi connectivity index (χ1n) is 11.0. The molecule has 2 heterocycles. The second-order valence-corrected chi connectivity index (χ2v) is 8.94. The van der Waals surface area contributed by atoms with Gasteiger partial charge >= 0.3 is 0 Å². The zero-order valence-electron chi connectivity index (χ0n) is 18.4. The van der Waals surface area contributed by atoms with Crippen LogP contribution in [0.2, 0.25) is 0 Å². The van der Waals surface area contributed by atoms with E-state index in [1.54, 1.807) is 0 Å². The number of aliphatic imine (C=N–C) groups is 2. The number of pyridine rings is 1. The number of hydrogen-bond donors (Lipinski definition) is 1. The number of ether oxygens (including phenoxy) is 1. The van der Waals surface area contributed by atoms with Gasteiger partial charge in [0.2, 0.25) is 0 Å². The van der Waals surface area contributed by atoms with Gasteiger partial charge in [-0.2, -0.15) is 0 Å². The van der Waals surface area contributed by atoms with Crippen molar-refractivity contribution in [2.75, 3.05) is 7.11 Å². The number of hydrogen-bond acceptors (Lipinski definition) is 5. The number of benzene rings is 1. The Balaban J connectivity index is 1.63. The molecule has 5 heteroatoms. The summed E-state index contributed by atoms with van der Waals surface area (Å²) in [5.74, 6) is 6.65. The molecule has 5 rings (SSSR count). The molecule has 0 radical (unpaired) electrons. The molecule has 1 aromatic heterocycles.